The summed E-state index contributed by atoms with van der Waals surface area (Å²) in [7, 11) is 0. The van der Waals surface area contributed by atoms with Crippen molar-refractivity contribution in [2.24, 2.45) is 0 Å². The molecule has 14 heavy (non-hydrogen) atoms. The standard InChI is InChI=1S/C9H15N3S2/c1-9(3-2-4-13-9)6-11-8-5-7(10)12-14-8/h5,11H,2-4,6H2,1H3,(H2,10,12). The number of anilines is 2. The van der Waals surface area contributed by atoms with E-state index in [1.54, 1.807) is 0 Å². The van der Waals surface area contributed by atoms with Gasteiger partial charge in [-0.25, -0.2) is 0 Å². The summed E-state index contributed by atoms with van der Waals surface area (Å²) in [5.74, 6) is 1.91. The average Bonchev–Trinajstić information content (AvgIpc) is 2.73. The van der Waals surface area contributed by atoms with Gasteiger partial charge in [0.1, 0.15) is 10.8 Å². The fourth-order valence-electron chi connectivity index (χ4n) is 1.62. The Morgan fingerprint density at radius 1 is 1.71 bits per heavy atom. The number of nitrogens with zero attached hydrogens (tertiary/aromatic N) is 1. The molecule has 3 N–H and O–H groups in total. The maximum atomic E-state index is 5.55. The van der Waals surface area contributed by atoms with Crippen molar-refractivity contribution < 1.29 is 0 Å². The molecule has 3 nitrogen and oxygen atoms in total. The molecule has 1 aromatic rings. The first-order valence-electron chi connectivity index (χ1n) is 4.78. The first-order valence-corrected chi connectivity index (χ1v) is 6.54. The van der Waals surface area contributed by atoms with Gasteiger partial charge in [0.05, 0.1) is 0 Å². The van der Waals surface area contributed by atoms with Crippen molar-refractivity contribution in [1.29, 1.82) is 0 Å². The van der Waals surface area contributed by atoms with Gasteiger partial charge in [0.15, 0.2) is 0 Å². The molecule has 1 atom stereocenters. The quantitative estimate of drug-likeness (QED) is 0.836. The molecule has 1 unspecified atom stereocenters. The second-order valence-corrected chi connectivity index (χ2v) is 6.36. The number of nitrogen functional groups attached to an aromatic ring is 1. The summed E-state index contributed by atoms with van der Waals surface area (Å²) in [6.07, 6.45) is 2.65. The van der Waals surface area contributed by atoms with Crippen molar-refractivity contribution in [3.05, 3.63) is 6.07 Å². The van der Waals surface area contributed by atoms with E-state index in [0.717, 1.165) is 11.5 Å². The second kappa shape index (κ2) is 3.98. The number of aromatic nitrogens is 1. The van der Waals surface area contributed by atoms with Crippen LogP contribution in [0.3, 0.4) is 0 Å². The smallest absolute Gasteiger partial charge is 0.139 e. The number of rotatable bonds is 3. The second-order valence-electron chi connectivity index (χ2n) is 3.87. The molecule has 1 aromatic heterocycles. The van der Waals surface area contributed by atoms with Crippen LogP contribution in [0, 0.1) is 0 Å². The minimum absolute atomic E-state index is 0.402. The van der Waals surface area contributed by atoms with E-state index in [-0.39, 0.29) is 0 Å². The molecule has 78 valence electrons. The fraction of sp³-hybridized carbons (Fsp3) is 0.667. The van der Waals surface area contributed by atoms with Crippen LogP contribution in [-0.2, 0) is 0 Å². The maximum Gasteiger partial charge on any atom is 0.139 e. The highest BCUT2D eigenvalue weighted by molar-refractivity contribution is 8.00. The van der Waals surface area contributed by atoms with Crippen molar-refractivity contribution in [1.82, 2.24) is 4.37 Å². The van der Waals surface area contributed by atoms with Gasteiger partial charge in [-0.2, -0.15) is 16.1 Å². The van der Waals surface area contributed by atoms with E-state index in [4.69, 9.17) is 5.73 Å². The average molecular weight is 229 g/mol. The highest BCUT2D eigenvalue weighted by Gasteiger charge is 2.29. The third-order valence-corrected chi connectivity index (χ3v) is 4.76. The van der Waals surface area contributed by atoms with Gasteiger partial charge in [-0.3, -0.25) is 0 Å². The first kappa shape index (κ1) is 10.1. The third-order valence-electron chi connectivity index (χ3n) is 2.47. The Hall–Kier alpha value is -0.420. The van der Waals surface area contributed by atoms with Crippen LogP contribution in [-0.4, -0.2) is 21.4 Å². The Bertz CT molecular complexity index is 305. The molecule has 1 aliphatic heterocycles. The van der Waals surface area contributed by atoms with Gasteiger partial charge in [0, 0.05) is 17.4 Å². The van der Waals surface area contributed by atoms with Gasteiger partial charge in [-0.15, -0.1) is 0 Å². The summed E-state index contributed by atoms with van der Waals surface area (Å²) in [6, 6.07) is 1.90. The zero-order chi connectivity index (χ0) is 10.0. The molecule has 5 heteroatoms. The third kappa shape index (κ3) is 2.33. The number of thioether (sulfide) groups is 1. The molecule has 2 rings (SSSR count). The lowest BCUT2D eigenvalue weighted by Crippen LogP contribution is -2.26. The van der Waals surface area contributed by atoms with E-state index in [1.165, 1.54) is 30.1 Å². The Labute approximate surface area is 92.6 Å². The van der Waals surface area contributed by atoms with Gasteiger partial charge in [0.25, 0.3) is 0 Å². The summed E-state index contributed by atoms with van der Waals surface area (Å²) >= 11 is 3.50. The molecule has 0 bridgehead atoms. The van der Waals surface area contributed by atoms with Crippen LogP contribution in [0.5, 0.6) is 0 Å². The van der Waals surface area contributed by atoms with E-state index in [2.05, 4.69) is 28.4 Å². The highest BCUT2D eigenvalue weighted by Crippen LogP contribution is 2.37. The Kier molecular flexibility index (Phi) is 2.88. The SMILES string of the molecule is CC1(CNc2cc(N)ns2)CCCS1. The predicted octanol–water partition coefficient (Wildman–Crippen LogP) is 2.42. The lowest BCUT2D eigenvalue weighted by Gasteiger charge is -2.22. The lowest BCUT2D eigenvalue weighted by molar-refractivity contribution is 0.635. The van der Waals surface area contributed by atoms with Gasteiger partial charge >= 0.3 is 0 Å². The fourth-order valence-corrected chi connectivity index (χ4v) is 3.43. The van der Waals surface area contributed by atoms with Crippen molar-refractivity contribution in [2.75, 3.05) is 23.3 Å². The summed E-state index contributed by atoms with van der Waals surface area (Å²) in [5.41, 5.74) is 5.55. The molecular formula is C9H15N3S2. The zero-order valence-corrected chi connectivity index (χ0v) is 9.88. The van der Waals surface area contributed by atoms with Crippen LogP contribution < -0.4 is 11.1 Å². The van der Waals surface area contributed by atoms with E-state index in [9.17, 15) is 0 Å². The normalized spacial score (nSPS) is 26.6. The number of nitrogens with one attached hydrogen (secondary N) is 1. The highest BCUT2D eigenvalue weighted by atomic mass is 32.2. The van der Waals surface area contributed by atoms with E-state index in [1.807, 2.05) is 6.07 Å². The van der Waals surface area contributed by atoms with Gasteiger partial charge < -0.3 is 11.1 Å². The largest absolute Gasteiger partial charge is 0.383 e. The number of nitrogens with two attached hydrogens (primary N) is 1. The molecule has 0 spiro atoms. The summed E-state index contributed by atoms with van der Waals surface area (Å²) in [6.45, 7) is 3.33. The van der Waals surface area contributed by atoms with Crippen LogP contribution in [0.4, 0.5) is 10.8 Å². The van der Waals surface area contributed by atoms with Gasteiger partial charge in [-0.1, -0.05) is 0 Å². The van der Waals surface area contributed by atoms with E-state index >= 15 is 0 Å². The van der Waals surface area contributed by atoms with Crippen LogP contribution in [0.1, 0.15) is 19.8 Å². The van der Waals surface area contributed by atoms with Crippen molar-refractivity contribution in [3.63, 3.8) is 0 Å². The molecule has 0 aliphatic carbocycles. The van der Waals surface area contributed by atoms with Crippen molar-refractivity contribution >= 4 is 34.1 Å². The van der Waals surface area contributed by atoms with Crippen molar-refractivity contribution in [3.8, 4) is 0 Å². The Balaban J connectivity index is 1.87. The monoisotopic (exact) mass is 229 g/mol. The van der Waals surface area contributed by atoms with Crippen LogP contribution >= 0.6 is 23.3 Å². The van der Waals surface area contributed by atoms with Crippen LogP contribution in [0.25, 0.3) is 0 Å². The maximum absolute atomic E-state index is 5.55. The van der Waals surface area contributed by atoms with Crippen LogP contribution in [0.2, 0.25) is 0 Å². The predicted molar refractivity (Wildman–Crippen MR) is 65.1 cm³/mol. The molecule has 0 amide bonds. The minimum Gasteiger partial charge on any atom is -0.383 e. The lowest BCUT2D eigenvalue weighted by atomic mass is 10.1. The molecule has 1 saturated heterocycles. The van der Waals surface area contributed by atoms with E-state index in [0.29, 0.717) is 10.6 Å². The zero-order valence-electron chi connectivity index (χ0n) is 8.25. The molecule has 0 radical (unpaired) electrons. The van der Waals surface area contributed by atoms with Gasteiger partial charge in [-0.05, 0) is 37.1 Å². The molecular weight excluding hydrogens is 214 g/mol. The number of hydrogen-bond acceptors (Lipinski definition) is 5. The van der Waals surface area contributed by atoms with E-state index < -0.39 is 0 Å². The molecule has 2 heterocycles. The Morgan fingerprint density at radius 3 is 3.14 bits per heavy atom. The Morgan fingerprint density at radius 2 is 2.57 bits per heavy atom. The summed E-state index contributed by atoms with van der Waals surface area (Å²) in [4.78, 5) is 0. The van der Waals surface area contributed by atoms with Crippen LogP contribution in [0.15, 0.2) is 6.07 Å². The first-order chi connectivity index (χ1) is 6.68. The minimum atomic E-state index is 0.402. The summed E-state index contributed by atoms with van der Waals surface area (Å²) in [5, 5.41) is 4.48. The molecule has 1 aliphatic rings. The molecule has 0 aromatic carbocycles. The molecule has 0 saturated carbocycles. The topological polar surface area (TPSA) is 50.9 Å². The molecule has 1 fully saturated rings. The van der Waals surface area contributed by atoms with Crippen molar-refractivity contribution in [2.45, 2.75) is 24.5 Å². The summed E-state index contributed by atoms with van der Waals surface area (Å²) < 4.78 is 4.44. The van der Waals surface area contributed by atoms with Gasteiger partial charge in [0.2, 0.25) is 0 Å². The number of hydrogen-bond donors (Lipinski definition) is 2.